The molecule has 1 atom stereocenters. The molecule has 0 amide bonds. The third-order valence-corrected chi connectivity index (χ3v) is 4.56. The van der Waals surface area contributed by atoms with E-state index in [9.17, 15) is 5.26 Å². The summed E-state index contributed by atoms with van der Waals surface area (Å²) in [4.78, 5) is 0. The average Bonchev–Trinajstić information content (AvgIpc) is 2.51. The van der Waals surface area contributed by atoms with Crippen molar-refractivity contribution in [3.8, 4) is 6.07 Å². The van der Waals surface area contributed by atoms with Gasteiger partial charge in [-0.2, -0.15) is 17.0 Å². The lowest BCUT2D eigenvalue weighted by molar-refractivity contribution is 0.474. The molecule has 1 N–H and O–H groups in total. The summed E-state index contributed by atoms with van der Waals surface area (Å²) in [6.07, 6.45) is 4.80. The fraction of sp³-hybridized carbons (Fsp3) is 0.588. The SMILES string of the molecule is CCCCCSCC(C#N)(NCCC)c1ccccc1. The molecule has 0 aliphatic carbocycles. The summed E-state index contributed by atoms with van der Waals surface area (Å²) in [6, 6.07) is 12.7. The Balaban J connectivity index is 2.71. The van der Waals surface area contributed by atoms with Crippen LogP contribution in [-0.2, 0) is 5.54 Å². The highest BCUT2D eigenvalue weighted by atomic mass is 32.2. The van der Waals surface area contributed by atoms with Crippen LogP contribution in [0.15, 0.2) is 30.3 Å². The Morgan fingerprint density at radius 2 is 1.90 bits per heavy atom. The lowest BCUT2D eigenvalue weighted by Gasteiger charge is -2.28. The molecule has 0 saturated heterocycles. The van der Waals surface area contributed by atoms with Crippen LogP contribution in [0.1, 0.15) is 45.1 Å². The first-order valence-electron chi connectivity index (χ1n) is 7.58. The first kappa shape index (κ1) is 17.1. The van der Waals surface area contributed by atoms with Crippen LogP contribution in [-0.4, -0.2) is 18.1 Å². The van der Waals surface area contributed by atoms with Gasteiger partial charge in [-0.3, -0.25) is 5.32 Å². The van der Waals surface area contributed by atoms with E-state index in [1.165, 1.54) is 19.3 Å². The average molecular weight is 290 g/mol. The van der Waals surface area contributed by atoms with Crippen molar-refractivity contribution < 1.29 is 0 Å². The second-order valence-corrected chi connectivity index (χ2v) is 6.17. The van der Waals surface area contributed by atoms with Gasteiger partial charge in [-0.05, 0) is 30.7 Å². The summed E-state index contributed by atoms with van der Waals surface area (Å²) in [5, 5.41) is 13.2. The van der Waals surface area contributed by atoms with Crippen molar-refractivity contribution in [3.63, 3.8) is 0 Å². The molecule has 1 aromatic carbocycles. The van der Waals surface area contributed by atoms with Gasteiger partial charge in [0.05, 0.1) is 6.07 Å². The zero-order valence-corrected chi connectivity index (χ0v) is 13.5. The van der Waals surface area contributed by atoms with Crippen LogP contribution < -0.4 is 5.32 Å². The summed E-state index contributed by atoms with van der Waals surface area (Å²) in [6.45, 7) is 5.23. The summed E-state index contributed by atoms with van der Waals surface area (Å²) in [5.41, 5.74) is 0.535. The van der Waals surface area contributed by atoms with Crippen LogP contribution in [0.25, 0.3) is 0 Å². The largest absolute Gasteiger partial charge is 0.295 e. The summed E-state index contributed by atoms with van der Waals surface area (Å²) < 4.78 is 0. The number of hydrogen-bond acceptors (Lipinski definition) is 3. The molecule has 0 heterocycles. The minimum absolute atomic E-state index is 0.547. The predicted molar refractivity (Wildman–Crippen MR) is 88.9 cm³/mol. The zero-order chi connectivity index (χ0) is 14.7. The van der Waals surface area contributed by atoms with E-state index >= 15 is 0 Å². The third kappa shape index (κ3) is 5.19. The van der Waals surface area contributed by atoms with Crippen LogP contribution in [0.5, 0.6) is 0 Å². The lowest BCUT2D eigenvalue weighted by atomic mass is 9.93. The fourth-order valence-corrected chi connectivity index (χ4v) is 3.31. The maximum atomic E-state index is 9.73. The molecule has 0 bridgehead atoms. The van der Waals surface area contributed by atoms with Gasteiger partial charge in [-0.15, -0.1) is 0 Å². The quantitative estimate of drug-likeness (QED) is 0.652. The van der Waals surface area contributed by atoms with Crippen LogP contribution in [0.2, 0.25) is 0 Å². The predicted octanol–water partition coefficient (Wildman–Crippen LogP) is 4.33. The Bertz CT molecular complexity index is 399. The molecule has 0 aromatic heterocycles. The van der Waals surface area contributed by atoms with Crippen molar-refractivity contribution in [2.24, 2.45) is 0 Å². The van der Waals surface area contributed by atoms with Gasteiger partial charge in [0.25, 0.3) is 0 Å². The Morgan fingerprint density at radius 1 is 1.15 bits per heavy atom. The van der Waals surface area contributed by atoms with Crippen LogP contribution >= 0.6 is 11.8 Å². The topological polar surface area (TPSA) is 35.8 Å². The van der Waals surface area contributed by atoms with Crippen molar-refractivity contribution in [1.29, 1.82) is 5.26 Å². The first-order valence-corrected chi connectivity index (χ1v) is 8.74. The van der Waals surface area contributed by atoms with Crippen molar-refractivity contribution in [2.45, 2.75) is 45.1 Å². The number of rotatable bonds is 10. The highest BCUT2D eigenvalue weighted by Crippen LogP contribution is 2.26. The van der Waals surface area contributed by atoms with Crippen molar-refractivity contribution in [2.75, 3.05) is 18.1 Å². The maximum absolute atomic E-state index is 9.73. The van der Waals surface area contributed by atoms with E-state index in [2.05, 4.69) is 37.4 Å². The van der Waals surface area contributed by atoms with E-state index in [0.717, 1.165) is 30.0 Å². The lowest BCUT2D eigenvalue weighted by Crippen LogP contribution is -2.44. The van der Waals surface area contributed by atoms with Crippen molar-refractivity contribution in [1.82, 2.24) is 5.32 Å². The van der Waals surface area contributed by atoms with Gasteiger partial charge in [-0.25, -0.2) is 0 Å². The standard InChI is InChI=1S/C17H26N2S/c1-3-5-9-13-20-15-17(14-18,19-12-4-2)16-10-7-6-8-11-16/h6-8,10-11,19H,3-5,9,12-13,15H2,1-2H3. The minimum Gasteiger partial charge on any atom is -0.295 e. The van der Waals surface area contributed by atoms with Gasteiger partial charge < -0.3 is 0 Å². The number of benzene rings is 1. The molecule has 110 valence electrons. The molecule has 0 fully saturated rings. The number of nitriles is 1. The van der Waals surface area contributed by atoms with E-state index in [-0.39, 0.29) is 0 Å². The molecule has 0 aliphatic heterocycles. The highest BCUT2D eigenvalue weighted by Gasteiger charge is 2.31. The van der Waals surface area contributed by atoms with Gasteiger partial charge in [-0.1, -0.05) is 57.0 Å². The smallest absolute Gasteiger partial charge is 0.141 e. The van der Waals surface area contributed by atoms with Gasteiger partial charge in [0.1, 0.15) is 5.54 Å². The molecule has 1 rings (SSSR count). The summed E-state index contributed by atoms with van der Waals surface area (Å²) in [5.74, 6) is 1.95. The van der Waals surface area contributed by atoms with Gasteiger partial charge in [0.2, 0.25) is 0 Å². The monoisotopic (exact) mass is 290 g/mol. The number of nitrogens with one attached hydrogen (secondary N) is 1. The molecule has 20 heavy (non-hydrogen) atoms. The summed E-state index contributed by atoms with van der Waals surface area (Å²) >= 11 is 1.89. The van der Waals surface area contributed by atoms with Crippen LogP contribution in [0, 0.1) is 11.3 Å². The molecule has 0 radical (unpaired) electrons. The van der Waals surface area contributed by atoms with E-state index in [0.29, 0.717) is 0 Å². The maximum Gasteiger partial charge on any atom is 0.141 e. The fourth-order valence-electron chi connectivity index (χ4n) is 2.11. The molecule has 0 saturated carbocycles. The summed E-state index contributed by atoms with van der Waals surface area (Å²) in [7, 11) is 0. The second-order valence-electron chi connectivity index (χ2n) is 5.07. The van der Waals surface area contributed by atoms with Crippen LogP contribution in [0.3, 0.4) is 0 Å². The van der Waals surface area contributed by atoms with E-state index in [1.54, 1.807) is 0 Å². The van der Waals surface area contributed by atoms with E-state index < -0.39 is 5.54 Å². The van der Waals surface area contributed by atoms with E-state index in [1.807, 2.05) is 30.0 Å². The van der Waals surface area contributed by atoms with Gasteiger partial charge in [0.15, 0.2) is 0 Å². The molecule has 0 aliphatic rings. The number of unbranched alkanes of at least 4 members (excludes halogenated alkanes) is 2. The van der Waals surface area contributed by atoms with Crippen molar-refractivity contribution >= 4 is 11.8 Å². The number of thioether (sulfide) groups is 1. The third-order valence-electron chi connectivity index (χ3n) is 3.35. The minimum atomic E-state index is -0.547. The molecule has 2 nitrogen and oxygen atoms in total. The Kier molecular flexibility index (Phi) is 8.41. The molecule has 3 heteroatoms. The molecule has 0 spiro atoms. The highest BCUT2D eigenvalue weighted by molar-refractivity contribution is 7.99. The van der Waals surface area contributed by atoms with Gasteiger partial charge in [0, 0.05) is 5.75 Å². The number of nitrogens with zero attached hydrogens (tertiary/aromatic N) is 1. The second kappa shape index (κ2) is 9.85. The normalized spacial score (nSPS) is 13.7. The number of hydrogen-bond donors (Lipinski definition) is 1. The Hall–Kier alpha value is -0.980. The molecule has 1 unspecified atom stereocenters. The Morgan fingerprint density at radius 3 is 2.50 bits per heavy atom. The zero-order valence-electron chi connectivity index (χ0n) is 12.7. The van der Waals surface area contributed by atoms with E-state index in [4.69, 9.17) is 0 Å². The first-order chi connectivity index (χ1) is 9.79. The molecular weight excluding hydrogens is 264 g/mol. The van der Waals surface area contributed by atoms with Gasteiger partial charge >= 0.3 is 0 Å². The molecule has 1 aromatic rings. The van der Waals surface area contributed by atoms with Crippen molar-refractivity contribution in [3.05, 3.63) is 35.9 Å². The Labute approximate surface area is 128 Å². The van der Waals surface area contributed by atoms with Crippen LogP contribution in [0.4, 0.5) is 0 Å². The molecular formula is C17H26N2S.